The lowest BCUT2D eigenvalue weighted by Gasteiger charge is -2.15. The number of hydrogen-bond acceptors (Lipinski definition) is 3. The Bertz CT molecular complexity index is 837. The van der Waals surface area contributed by atoms with Gasteiger partial charge in [-0.3, -0.25) is 0 Å². The second kappa shape index (κ2) is 7.77. The maximum atomic E-state index is 12.4. The maximum Gasteiger partial charge on any atom is 0.240 e. The van der Waals surface area contributed by atoms with Crippen LogP contribution in [0.1, 0.15) is 6.42 Å². The molecule has 0 amide bonds. The van der Waals surface area contributed by atoms with Crippen LogP contribution in [0.5, 0.6) is 0 Å². The molecule has 0 radical (unpaired) electrons. The van der Waals surface area contributed by atoms with Gasteiger partial charge in [0.1, 0.15) is 0 Å². The van der Waals surface area contributed by atoms with E-state index in [9.17, 15) is 8.42 Å². The second-order valence-corrected chi connectivity index (χ2v) is 7.98. The smallest absolute Gasteiger partial charge is 0.240 e. The van der Waals surface area contributed by atoms with Gasteiger partial charge in [0.05, 0.1) is 4.90 Å². The van der Waals surface area contributed by atoms with E-state index in [0.29, 0.717) is 11.4 Å². The molecule has 1 aliphatic rings. The fourth-order valence-corrected chi connectivity index (χ4v) is 3.91. The van der Waals surface area contributed by atoms with E-state index in [1.165, 1.54) is 0 Å². The predicted octanol–water partition coefficient (Wildman–Crippen LogP) is 3.22. The van der Waals surface area contributed by atoms with E-state index in [1.807, 2.05) is 30.3 Å². The largest absolute Gasteiger partial charge is 0.313 e. The number of rotatable bonds is 4. The fraction of sp³-hybridized carbons (Fsp3) is 0.250. The van der Waals surface area contributed by atoms with Gasteiger partial charge < -0.3 is 5.32 Å². The molecule has 0 atom stereocenters. The molecule has 0 bridgehead atoms. The highest BCUT2D eigenvalue weighted by molar-refractivity contribution is 9.10. The minimum Gasteiger partial charge on any atom is -0.313 e. The molecule has 2 N–H and O–H groups in total. The van der Waals surface area contributed by atoms with Crippen molar-refractivity contribution >= 4 is 49.1 Å². The van der Waals surface area contributed by atoms with Crippen LogP contribution >= 0.6 is 28.3 Å². The molecule has 1 heterocycles. The molecule has 0 fully saturated rings. The highest BCUT2D eigenvalue weighted by Crippen LogP contribution is 2.23. The van der Waals surface area contributed by atoms with Crippen molar-refractivity contribution < 1.29 is 8.42 Å². The number of sulfonamides is 1. The molecule has 1 aliphatic heterocycles. The Labute approximate surface area is 150 Å². The third-order valence-electron chi connectivity index (χ3n) is 3.73. The topological polar surface area (TPSA) is 58.2 Å². The molecule has 2 aromatic rings. The Hall–Kier alpha value is -0.920. The minimum atomic E-state index is -3.48. The van der Waals surface area contributed by atoms with Crippen molar-refractivity contribution in [2.45, 2.75) is 11.3 Å². The number of fused-ring (bicyclic) bond motifs is 1. The van der Waals surface area contributed by atoms with E-state index in [2.05, 4.69) is 26.0 Å². The van der Waals surface area contributed by atoms with Gasteiger partial charge in [0.25, 0.3) is 0 Å². The first-order valence-corrected chi connectivity index (χ1v) is 9.40. The molecule has 23 heavy (non-hydrogen) atoms. The number of benzene rings is 2. The number of hydrogen-bond donors (Lipinski definition) is 2. The van der Waals surface area contributed by atoms with Crippen molar-refractivity contribution in [1.29, 1.82) is 0 Å². The summed E-state index contributed by atoms with van der Waals surface area (Å²) in [7, 11) is -3.48. The normalized spacial score (nSPS) is 15.1. The van der Waals surface area contributed by atoms with Crippen LogP contribution in [-0.2, 0) is 10.0 Å². The number of nitrogens with one attached hydrogen (secondary N) is 2. The standard InChI is InChI=1S/C16H17BrN2O2S.ClH/c17-15-3-1-14-10-16(4-2-13(14)9-15)22(20,21)19-11-12-5-7-18-8-6-12;/h1-5,9-10,18-19H,6-8,11H2;1H. The quantitative estimate of drug-likeness (QED) is 0.751. The van der Waals surface area contributed by atoms with Gasteiger partial charge in [-0.2, -0.15) is 0 Å². The zero-order valence-corrected chi connectivity index (χ0v) is 15.6. The maximum absolute atomic E-state index is 12.4. The SMILES string of the molecule is Cl.O=S(=O)(NCC1=CCNCC1)c1ccc2cc(Br)ccc2c1. The Morgan fingerprint density at radius 1 is 1.13 bits per heavy atom. The predicted molar refractivity (Wildman–Crippen MR) is 99.7 cm³/mol. The zero-order chi connectivity index (χ0) is 15.6. The van der Waals surface area contributed by atoms with Crippen LogP contribution in [-0.4, -0.2) is 28.1 Å². The zero-order valence-electron chi connectivity index (χ0n) is 12.4. The molecule has 3 rings (SSSR count). The Morgan fingerprint density at radius 2 is 1.87 bits per heavy atom. The van der Waals surface area contributed by atoms with Crippen molar-refractivity contribution in [2.24, 2.45) is 0 Å². The summed E-state index contributed by atoms with van der Waals surface area (Å²) in [4.78, 5) is 0.303. The summed E-state index contributed by atoms with van der Waals surface area (Å²) in [5.74, 6) is 0. The summed E-state index contributed by atoms with van der Waals surface area (Å²) in [5.41, 5.74) is 1.13. The molecule has 124 valence electrons. The molecule has 0 spiro atoms. The summed E-state index contributed by atoms with van der Waals surface area (Å²) in [6.07, 6.45) is 2.93. The van der Waals surface area contributed by atoms with Crippen LogP contribution in [0.25, 0.3) is 10.8 Å². The fourth-order valence-electron chi connectivity index (χ4n) is 2.46. The average Bonchev–Trinajstić information content (AvgIpc) is 2.53. The van der Waals surface area contributed by atoms with Crippen LogP contribution in [0.15, 0.2) is 57.4 Å². The Morgan fingerprint density at radius 3 is 2.61 bits per heavy atom. The van der Waals surface area contributed by atoms with E-state index in [0.717, 1.165) is 40.3 Å². The average molecular weight is 418 g/mol. The lowest BCUT2D eigenvalue weighted by Crippen LogP contribution is -2.29. The summed E-state index contributed by atoms with van der Waals surface area (Å²) in [5, 5.41) is 5.13. The molecule has 0 aliphatic carbocycles. The van der Waals surface area contributed by atoms with Crippen molar-refractivity contribution in [1.82, 2.24) is 10.0 Å². The summed E-state index contributed by atoms with van der Waals surface area (Å²) >= 11 is 3.42. The van der Waals surface area contributed by atoms with Crippen molar-refractivity contribution in [2.75, 3.05) is 19.6 Å². The molecule has 4 nitrogen and oxygen atoms in total. The highest BCUT2D eigenvalue weighted by atomic mass is 79.9. The van der Waals surface area contributed by atoms with Crippen molar-refractivity contribution in [3.05, 3.63) is 52.5 Å². The minimum absolute atomic E-state index is 0. The van der Waals surface area contributed by atoms with Crippen LogP contribution in [0.3, 0.4) is 0 Å². The van der Waals surface area contributed by atoms with Gasteiger partial charge >= 0.3 is 0 Å². The number of halogens is 2. The highest BCUT2D eigenvalue weighted by Gasteiger charge is 2.15. The molecule has 2 aromatic carbocycles. The van der Waals surface area contributed by atoms with Crippen LogP contribution < -0.4 is 10.0 Å². The molecular weight excluding hydrogens is 400 g/mol. The third kappa shape index (κ3) is 4.55. The van der Waals surface area contributed by atoms with E-state index in [4.69, 9.17) is 0 Å². The van der Waals surface area contributed by atoms with Gasteiger partial charge in [0, 0.05) is 17.6 Å². The van der Waals surface area contributed by atoms with Gasteiger partial charge in [-0.25, -0.2) is 13.1 Å². The Balaban J connectivity index is 0.00000192. The lowest BCUT2D eigenvalue weighted by molar-refractivity contribution is 0.582. The van der Waals surface area contributed by atoms with Gasteiger partial charge in [-0.05, 0) is 48.0 Å². The summed E-state index contributed by atoms with van der Waals surface area (Å²) in [6, 6.07) is 11.0. The Kier molecular flexibility index (Phi) is 6.22. The van der Waals surface area contributed by atoms with Crippen LogP contribution in [0.2, 0.25) is 0 Å². The van der Waals surface area contributed by atoms with E-state index in [-0.39, 0.29) is 12.4 Å². The summed E-state index contributed by atoms with van der Waals surface area (Å²) in [6.45, 7) is 2.09. The third-order valence-corrected chi connectivity index (χ3v) is 5.62. The molecule has 0 saturated carbocycles. The van der Waals surface area contributed by atoms with E-state index >= 15 is 0 Å². The van der Waals surface area contributed by atoms with Gasteiger partial charge in [-0.1, -0.05) is 39.7 Å². The first-order chi connectivity index (χ1) is 10.5. The molecule has 0 aromatic heterocycles. The molecule has 7 heteroatoms. The molecule has 0 unspecified atom stereocenters. The van der Waals surface area contributed by atoms with Crippen molar-refractivity contribution in [3.8, 4) is 0 Å². The van der Waals surface area contributed by atoms with Crippen molar-refractivity contribution in [3.63, 3.8) is 0 Å². The van der Waals surface area contributed by atoms with Crippen LogP contribution in [0.4, 0.5) is 0 Å². The summed E-state index contributed by atoms with van der Waals surface area (Å²) < 4.78 is 28.5. The first-order valence-electron chi connectivity index (χ1n) is 7.12. The second-order valence-electron chi connectivity index (χ2n) is 5.29. The van der Waals surface area contributed by atoms with Gasteiger partial charge in [0.2, 0.25) is 10.0 Å². The van der Waals surface area contributed by atoms with E-state index in [1.54, 1.807) is 12.1 Å². The van der Waals surface area contributed by atoms with E-state index < -0.39 is 10.0 Å². The monoisotopic (exact) mass is 416 g/mol. The van der Waals surface area contributed by atoms with Gasteiger partial charge in [0.15, 0.2) is 0 Å². The van der Waals surface area contributed by atoms with Gasteiger partial charge in [-0.15, -0.1) is 12.4 Å². The molecular formula is C16H18BrClN2O2S. The molecule has 0 saturated heterocycles. The van der Waals surface area contributed by atoms with Crippen LogP contribution in [0, 0.1) is 0 Å². The first kappa shape index (κ1) is 18.4. The lowest BCUT2D eigenvalue weighted by atomic mass is 10.1.